The summed E-state index contributed by atoms with van der Waals surface area (Å²) < 4.78 is 52.9. The maximum absolute atomic E-state index is 12.6. The van der Waals surface area contributed by atoms with E-state index in [9.17, 15) is 14.6 Å². The fourth-order valence-electron chi connectivity index (χ4n) is 12.5. The van der Waals surface area contributed by atoms with Gasteiger partial charge < -0.3 is 9.13 Å². The number of para-hydroxylation sites is 2. The Morgan fingerprint density at radius 1 is 0.400 bits per heavy atom. The number of nitrogens with zero attached hydrogens (tertiary/aromatic N) is 4. The second kappa shape index (κ2) is 18.1. The molecule has 0 saturated heterocycles. The third kappa shape index (κ3) is 6.77. The predicted octanol–water partition coefficient (Wildman–Crippen LogP) is 21.4. The second-order valence-electron chi connectivity index (χ2n) is 20.1. The van der Waals surface area contributed by atoms with Crippen LogP contribution in [0.1, 0.15) is 12.4 Å². The lowest BCUT2D eigenvalue weighted by molar-refractivity contribution is 1.14. The van der Waals surface area contributed by atoms with Crippen molar-refractivity contribution in [2.75, 3.05) is 0 Å². The molecule has 4 aromatic heterocycles. The van der Waals surface area contributed by atoms with Crippen molar-refractivity contribution in [1.29, 1.82) is 5.26 Å². The predicted molar refractivity (Wildman–Crippen MR) is 339 cm³/mol. The van der Waals surface area contributed by atoms with Crippen LogP contribution in [0.2, 0.25) is 0 Å². The molecule has 0 N–H and O–H groups in total. The minimum atomic E-state index is -0.449. The Labute approximate surface area is 475 Å². The molecule has 16 rings (SSSR count). The summed E-state index contributed by atoms with van der Waals surface area (Å²) in [5.41, 5.74) is 12.6. The summed E-state index contributed by atoms with van der Waals surface area (Å²) in [5, 5.41) is 20.5. The van der Waals surface area contributed by atoms with E-state index in [0.717, 1.165) is 112 Å². The molecule has 0 unspecified atom stereocenters. The maximum atomic E-state index is 12.6. The van der Waals surface area contributed by atoms with Crippen molar-refractivity contribution in [2.45, 2.75) is 0 Å². The third-order valence-electron chi connectivity index (χ3n) is 15.8. The largest absolute Gasteiger partial charge is 0.318 e. The summed E-state index contributed by atoms with van der Waals surface area (Å²) >= 11 is 3.23. The Kier molecular flexibility index (Phi) is 9.26. The summed E-state index contributed by atoms with van der Waals surface area (Å²) in [4.78, 5) is 4.65. The van der Waals surface area contributed by atoms with E-state index in [1.54, 1.807) is 11.3 Å². The van der Waals surface area contributed by atoms with E-state index in [-0.39, 0.29) is 17.6 Å². The van der Waals surface area contributed by atoms with Crippen molar-refractivity contribution in [3.05, 3.63) is 272 Å². The number of hydrogen-bond donors (Lipinski definition) is 0. The van der Waals surface area contributed by atoms with Gasteiger partial charge in [0.2, 0.25) is 5.69 Å². The Morgan fingerprint density at radius 3 is 1.51 bits per heavy atom. The van der Waals surface area contributed by atoms with Gasteiger partial charge in [-0.3, -0.25) is 0 Å². The molecule has 370 valence electrons. The van der Waals surface area contributed by atoms with E-state index in [1.165, 1.54) is 11.3 Å². The van der Waals surface area contributed by atoms with Crippen LogP contribution in [0.15, 0.2) is 255 Å². The lowest BCUT2D eigenvalue weighted by atomic mass is 9.86. The Bertz CT molecular complexity index is 5490. The van der Waals surface area contributed by atoms with Gasteiger partial charge >= 0.3 is 0 Å². The molecule has 0 aliphatic carbocycles. The third-order valence-corrected chi connectivity index (χ3v) is 18.3. The maximum Gasteiger partial charge on any atom is 0.220 e. The van der Waals surface area contributed by atoms with E-state index < -0.39 is 18.1 Å². The molecule has 6 heteroatoms. The fraction of sp³-hybridized carbons (Fsp3) is 0. The molecule has 0 spiro atoms. The van der Waals surface area contributed by atoms with Crippen LogP contribution >= 0.6 is 22.7 Å². The highest BCUT2D eigenvalue weighted by Gasteiger charge is 2.33. The summed E-state index contributed by atoms with van der Waals surface area (Å²) in [6.45, 7) is 9.62. The van der Waals surface area contributed by atoms with Crippen molar-refractivity contribution in [3.63, 3.8) is 0 Å². The highest BCUT2D eigenvalue weighted by atomic mass is 32.1. The minimum absolute atomic E-state index is 0.131. The summed E-state index contributed by atoms with van der Waals surface area (Å²) in [7, 11) is 0. The van der Waals surface area contributed by atoms with Gasteiger partial charge in [0, 0.05) is 63.6 Å². The number of hydrogen-bond acceptors (Lipinski definition) is 3. The van der Waals surface area contributed by atoms with E-state index in [4.69, 9.17) is 4.11 Å². The molecule has 16 aromatic rings. The van der Waals surface area contributed by atoms with Crippen LogP contribution in [0.3, 0.4) is 0 Å². The molecule has 4 heterocycles. The summed E-state index contributed by atoms with van der Waals surface area (Å²) in [6.07, 6.45) is 0. The van der Waals surface area contributed by atoms with E-state index >= 15 is 0 Å². The zero-order valence-corrected chi connectivity index (χ0v) is 44.1. The van der Waals surface area contributed by atoms with Gasteiger partial charge in [-0.25, -0.2) is 4.85 Å². The molecule has 0 amide bonds. The smallest absolute Gasteiger partial charge is 0.220 e. The SMILES string of the molecule is [2H]c1c([2H])c([2H])c(-c2cccc3c2sc2c3ccc3c4ccc5c6ccccc6sc5c4n(-c4c(C#N)c(-c5ccccc5)c([N+]#[C-])c(-n5c6ccccc6c6ccccc65)c4-c4cc(-c5ccccc5)cc(-c5ccccc5)c4)c32)c([2H])c1[2H]. The molecular weight excluding hydrogens is 1010 g/mol. The van der Waals surface area contributed by atoms with Crippen LogP contribution in [-0.2, 0) is 0 Å². The molecule has 0 aliphatic rings. The summed E-state index contributed by atoms with van der Waals surface area (Å²) in [6, 6.07) is 78.0. The number of rotatable bonds is 7. The zero-order valence-electron chi connectivity index (χ0n) is 47.5. The standard InChI is InChI=1S/C74H42N4S2/c1-76-67-65(48-27-12-5-13-28-48)61(44-75)68(66(71(67)77-62-34-17-14-29-53(62)54-30-15-18-35-63(54)77)51-42-49(45-21-6-2-7-22-45)41-50(43-51)46-23-8-3-9-24-46)78-69-56(37-39-59-55-31-16-19-36-64(55)79-73(59)69)57-38-40-60-58-33-20-32-52(47-25-10-4-11-26-47)72(58)80-74(60)70(57)78/h2-43H/i4D,10D,11D,25D,26D. The molecule has 0 aliphatic heterocycles. The second-order valence-corrected chi connectivity index (χ2v) is 22.1. The van der Waals surface area contributed by atoms with Crippen molar-refractivity contribution in [1.82, 2.24) is 9.13 Å². The van der Waals surface area contributed by atoms with Gasteiger partial charge in [-0.15, -0.1) is 22.7 Å². The van der Waals surface area contributed by atoms with Crippen LogP contribution < -0.4 is 0 Å². The number of aromatic nitrogens is 2. The van der Waals surface area contributed by atoms with Gasteiger partial charge in [-0.1, -0.05) is 218 Å². The van der Waals surface area contributed by atoms with Gasteiger partial charge in [-0.2, -0.15) is 5.26 Å². The Morgan fingerprint density at radius 2 is 0.900 bits per heavy atom. The molecule has 0 saturated carbocycles. The van der Waals surface area contributed by atoms with E-state index in [1.807, 2.05) is 97.1 Å². The van der Waals surface area contributed by atoms with Gasteiger partial charge in [0.15, 0.2) is 0 Å². The molecule has 0 bridgehead atoms. The Hall–Kier alpha value is -10.3. The van der Waals surface area contributed by atoms with Gasteiger partial charge in [0.1, 0.15) is 6.07 Å². The van der Waals surface area contributed by atoms with Crippen LogP contribution in [-0.4, -0.2) is 9.13 Å². The molecule has 4 nitrogen and oxygen atoms in total. The monoisotopic (exact) mass is 1060 g/mol. The van der Waals surface area contributed by atoms with Gasteiger partial charge in [0.05, 0.1) is 61.8 Å². The normalized spacial score (nSPS) is 12.6. The fourth-order valence-corrected chi connectivity index (χ4v) is 15.1. The molecular formula is C74H42N4S2. The highest BCUT2D eigenvalue weighted by Crippen LogP contribution is 2.55. The van der Waals surface area contributed by atoms with E-state index in [2.05, 4.69) is 147 Å². The number of nitriles is 1. The van der Waals surface area contributed by atoms with Gasteiger partial charge in [0.25, 0.3) is 0 Å². The summed E-state index contributed by atoms with van der Waals surface area (Å²) in [5.74, 6) is 0. The first kappa shape index (κ1) is 40.9. The molecule has 12 aromatic carbocycles. The molecule has 0 fully saturated rings. The van der Waals surface area contributed by atoms with Crippen molar-refractivity contribution >= 4 is 112 Å². The minimum Gasteiger partial charge on any atom is -0.318 e. The zero-order chi connectivity index (χ0) is 57.4. The topological polar surface area (TPSA) is 38.0 Å². The van der Waals surface area contributed by atoms with Crippen LogP contribution in [0.25, 0.3) is 156 Å². The first-order valence-corrected chi connectivity index (χ1v) is 28.0. The van der Waals surface area contributed by atoms with Crippen LogP contribution in [0, 0.1) is 17.9 Å². The number of fused-ring (bicyclic) bond motifs is 14. The lowest BCUT2D eigenvalue weighted by Crippen LogP contribution is -2.09. The van der Waals surface area contributed by atoms with Crippen LogP contribution in [0.5, 0.6) is 0 Å². The lowest BCUT2D eigenvalue weighted by Gasteiger charge is -2.26. The van der Waals surface area contributed by atoms with Crippen molar-refractivity contribution in [2.24, 2.45) is 0 Å². The van der Waals surface area contributed by atoms with E-state index in [0.29, 0.717) is 44.9 Å². The highest BCUT2D eigenvalue weighted by molar-refractivity contribution is 7.27. The first-order valence-electron chi connectivity index (χ1n) is 28.8. The number of benzene rings is 12. The van der Waals surface area contributed by atoms with Crippen molar-refractivity contribution in [3.8, 4) is 73.1 Å². The van der Waals surface area contributed by atoms with Gasteiger partial charge in [-0.05, 0) is 80.9 Å². The average Bonchev–Trinajstić information content (AvgIpc) is 2.79. The van der Waals surface area contributed by atoms with Crippen molar-refractivity contribution < 1.29 is 6.85 Å². The molecule has 0 atom stereocenters. The first-order chi connectivity index (χ1) is 41.7. The molecule has 80 heavy (non-hydrogen) atoms. The number of thiophene rings is 2. The van der Waals surface area contributed by atoms with Crippen LogP contribution in [0.4, 0.5) is 5.69 Å². The Balaban J connectivity index is 1.20. The quantitative estimate of drug-likeness (QED) is 0.147. The average molecular weight is 1060 g/mol. The molecule has 0 radical (unpaired) electrons.